The lowest BCUT2D eigenvalue weighted by Gasteiger charge is -2.11. The van der Waals surface area contributed by atoms with E-state index in [2.05, 4.69) is 0 Å². The molecule has 0 saturated heterocycles. The van der Waals surface area contributed by atoms with Gasteiger partial charge < -0.3 is 14.6 Å². The SMILES string of the molecule is COc1cc(C(=O)C[C@H]2O[C@@H](O)C(Cl)=C2Cl)ccc1Cl. The van der Waals surface area contributed by atoms with Crippen LogP contribution in [0.1, 0.15) is 16.8 Å². The summed E-state index contributed by atoms with van der Waals surface area (Å²) in [5.41, 5.74) is 0.414. The Balaban J connectivity index is 2.14. The molecule has 4 nitrogen and oxygen atoms in total. The van der Waals surface area contributed by atoms with E-state index in [9.17, 15) is 9.90 Å². The number of ether oxygens (including phenoxy) is 2. The van der Waals surface area contributed by atoms with E-state index < -0.39 is 12.4 Å². The largest absolute Gasteiger partial charge is 0.495 e. The Morgan fingerprint density at radius 3 is 2.60 bits per heavy atom. The fourth-order valence-corrected chi connectivity index (χ4v) is 2.39. The number of aliphatic hydroxyl groups is 1. The molecule has 0 saturated carbocycles. The van der Waals surface area contributed by atoms with E-state index >= 15 is 0 Å². The quantitative estimate of drug-likeness (QED) is 0.856. The summed E-state index contributed by atoms with van der Waals surface area (Å²) < 4.78 is 10.1. The van der Waals surface area contributed by atoms with E-state index in [1.807, 2.05) is 0 Å². The molecule has 0 amide bonds. The van der Waals surface area contributed by atoms with Gasteiger partial charge in [0.15, 0.2) is 12.1 Å². The summed E-state index contributed by atoms with van der Waals surface area (Å²) >= 11 is 17.5. The topological polar surface area (TPSA) is 55.8 Å². The van der Waals surface area contributed by atoms with Gasteiger partial charge in [-0.1, -0.05) is 34.8 Å². The van der Waals surface area contributed by atoms with Crippen LogP contribution in [0.3, 0.4) is 0 Å². The van der Waals surface area contributed by atoms with Gasteiger partial charge in [0, 0.05) is 12.0 Å². The van der Waals surface area contributed by atoms with Gasteiger partial charge in [0.1, 0.15) is 11.9 Å². The number of carbonyl (C=O) groups excluding carboxylic acids is 1. The molecule has 7 heteroatoms. The van der Waals surface area contributed by atoms with Crippen LogP contribution >= 0.6 is 34.8 Å². The molecule has 1 heterocycles. The third kappa shape index (κ3) is 3.10. The number of methoxy groups -OCH3 is 1. The minimum Gasteiger partial charge on any atom is -0.495 e. The van der Waals surface area contributed by atoms with Gasteiger partial charge in [-0.25, -0.2) is 0 Å². The Labute approximate surface area is 130 Å². The summed E-state index contributed by atoms with van der Waals surface area (Å²) in [5, 5.41) is 9.97. The fraction of sp³-hybridized carbons (Fsp3) is 0.308. The number of ketones is 1. The van der Waals surface area contributed by atoms with Crippen molar-refractivity contribution in [3.8, 4) is 5.75 Å². The maximum Gasteiger partial charge on any atom is 0.193 e. The van der Waals surface area contributed by atoms with E-state index in [0.29, 0.717) is 16.3 Å². The van der Waals surface area contributed by atoms with Gasteiger partial charge in [0.25, 0.3) is 0 Å². The van der Waals surface area contributed by atoms with E-state index in [-0.39, 0.29) is 22.3 Å². The molecule has 0 radical (unpaired) electrons. The predicted octanol–water partition coefficient (Wildman–Crippen LogP) is 3.33. The Bertz CT molecular complexity index is 571. The summed E-state index contributed by atoms with van der Waals surface area (Å²) in [6, 6.07) is 4.69. The van der Waals surface area contributed by atoms with E-state index in [1.165, 1.54) is 13.2 Å². The standard InChI is InChI=1S/C13H11Cl3O4/c1-19-9-4-6(2-3-7(9)14)8(17)5-10-11(15)12(16)13(18)20-10/h2-4,10,13,18H,5H2,1H3/t10-,13-/m1/s1. The first-order valence-corrected chi connectivity index (χ1v) is 6.82. The van der Waals surface area contributed by atoms with Gasteiger partial charge in [-0.2, -0.15) is 0 Å². The molecule has 0 bridgehead atoms. The highest BCUT2D eigenvalue weighted by Gasteiger charge is 2.33. The number of carbonyl (C=O) groups is 1. The molecule has 0 fully saturated rings. The average Bonchev–Trinajstić information content (AvgIpc) is 2.66. The minimum absolute atomic E-state index is 0.0122. The molecule has 0 aliphatic carbocycles. The van der Waals surface area contributed by atoms with Gasteiger partial charge in [-0.05, 0) is 18.2 Å². The Hall–Kier alpha value is -0.780. The third-order valence-electron chi connectivity index (χ3n) is 2.86. The van der Waals surface area contributed by atoms with Crippen molar-refractivity contribution >= 4 is 40.6 Å². The van der Waals surface area contributed by atoms with Crippen molar-refractivity contribution < 1.29 is 19.4 Å². The molecule has 1 aromatic rings. The number of aliphatic hydroxyl groups excluding tert-OH is 1. The molecule has 108 valence electrons. The van der Waals surface area contributed by atoms with Crippen molar-refractivity contribution in [2.45, 2.75) is 18.8 Å². The summed E-state index contributed by atoms with van der Waals surface area (Å²) in [6.45, 7) is 0. The zero-order valence-electron chi connectivity index (χ0n) is 10.4. The van der Waals surface area contributed by atoms with Crippen LogP contribution in [0.15, 0.2) is 28.3 Å². The molecule has 1 aliphatic heterocycles. The lowest BCUT2D eigenvalue weighted by Crippen LogP contribution is -2.17. The van der Waals surface area contributed by atoms with Gasteiger partial charge in [-0.15, -0.1) is 0 Å². The van der Waals surface area contributed by atoms with Crippen molar-refractivity contribution in [2.75, 3.05) is 7.11 Å². The first-order valence-electron chi connectivity index (χ1n) is 5.69. The third-order valence-corrected chi connectivity index (χ3v) is 4.11. The van der Waals surface area contributed by atoms with Crippen LogP contribution < -0.4 is 4.74 Å². The van der Waals surface area contributed by atoms with Gasteiger partial charge in [0.2, 0.25) is 0 Å². The second-order valence-corrected chi connectivity index (χ2v) is 5.37. The number of rotatable bonds is 4. The molecule has 0 aromatic heterocycles. The highest BCUT2D eigenvalue weighted by atomic mass is 35.5. The zero-order chi connectivity index (χ0) is 14.9. The minimum atomic E-state index is -1.28. The lowest BCUT2D eigenvalue weighted by molar-refractivity contribution is -0.0755. The summed E-state index contributed by atoms with van der Waals surface area (Å²) in [7, 11) is 1.46. The first-order chi connectivity index (χ1) is 9.43. The van der Waals surface area contributed by atoms with Crippen molar-refractivity contribution in [1.82, 2.24) is 0 Å². The lowest BCUT2D eigenvalue weighted by atomic mass is 10.0. The van der Waals surface area contributed by atoms with Crippen molar-refractivity contribution in [2.24, 2.45) is 0 Å². The van der Waals surface area contributed by atoms with E-state index in [1.54, 1.807) is 12.1 Å². The van der Waals surface area contributed by atoms with Crippen LogP contribution in [-0.2, 0) is 4.74 Å². The van der Waals surface area contributed by atoms with Crippen LogP contribution in [0.25, 0.3) is 0 Å². The van der Waals surface area contributed by atoms with E-state index in [4.69, 9.17) is 44.3 Å². The number of halogens is 3. The predicted molar refractivity (Wildman–Crippen MR) is 76.6 cm³/mol. The van der Waals surface area contributed by atoms with Crippen molar-refractivity contribution in [3.63, 3.8) is 0 Å². The van der Waals surface area contributed by atoms with Crippen LogP contribution in [0.5, 0.6) is 5.75 Å². The first kappa shape index (κ1) is 15.6. The summed E-state index contributed by atoms with van der Waals surface area (Å²) in [4.78, 5) is 12.2. The second kappa shape index (κ2) is 6.33. The fourth-order valence-electron chi connectivity index (χ4n) is 1.80. The number of hydrogen-bond acceptors (Lipinski definition) is 4. The number of Topliss-reactive ketones (excluding diaryl/α,β-unsaturated/α-hetero) is 1. The Morgan fingerprint density at radius 1 is 1.35 bits per heavy atom. The van der Waals surface area contributed by atoms with Crippen LogP contribution in [-0.4, -0.2) is 30.4 Å². The van der Waals surface area contributed by atoms with Crippen LogP contribution in [0.4, 0.5) is 0 Å². The highest BCUT2D eigenvalue weighted by molar-refractivity contribution is 6.40. The van der Waals surface area contributed by atoms with E-state index in [0.717, 1.165) is 0 Å². The molecule has 1 N–H and O–H groups in total. The maximum atomic E-state index is 12.2. The van der Waals surface area contributed by atoms with Crippen molar-refractivity contribution in [1.29, 1.82) is 0 Å². The highest BCUT2D eigenvalue weighted by Crippen LogP contribution is 2.34. The Morgan fingerprint density at radius 2 is 2.05 bits per heavy atom. The summed E-state index contributed by atoms with van der Waals surface area (Å²) in [5.74, 6) is 0.186. The summed E-state index contributed by atoms with van der Waals surface area (Å²) in [6.07, 6.45) is -2.05. The maximum absolute atomic E-state index is 12.2. The smallest absolute Gasteiger partial charge is 0.193 e. The molecule has 1 aromatic carbocycles. The normalized spacial score (nSPS) is 22.2. The number of hydrogen-bond donors (Lipinski definition) is 1. The van der Waals surface area contributed by atoms with Crippen LogP contribution in [0, 0.1) is 0 Å². The Kier molecular flexibility index (Phi) is 4.94. The van der Waals surface area contributed by atoms with Crippen LogP contribution in [0.2, 0.25) is 5.02 Å². The van der Waals surface area contributed by atoms with Gasteiger partial charge in [0.05, 0.1) is 22.2 Å². The average molecular weight is 338 g/mol. The molecule has 2 rings (SSSR count). The molecule has 1 aliphatic rings. The van der Waals surface area contributed by atoms with Gasteiger partial charge in [-0.3, -0.25) is 4.79 Å². The molecule has 2 atom stereocenters. The number of benzene rings is 1. The molecular formula is C13H11Cl3O4. The monoisotopic (exact) mass is 336 g/mol. The molecule has 0 spiro atoms. The molecule has 0 unspecified atom stereocenters. The zero-order valence-corrected chi connectivity index (χ0v) is 12.7. The second-order valence-electron chi connectivity index (χ2n) is 4.15. The molecular weight excluding hydrogens is 326 g/mol. The van der Waals surface area contributed by atoms with Crippen molar-refractivity contribution in [3.05, 3.63) is 38.8 Å². The van der Waals surface area contributed by atoms with Gasteiger partial charge >= 0.3 is 0 Å². The molecule has 20 heavy (non-hydrogen) atoms.